The Hall–Kier alpha value is -4.19. The summed E-state index contributed by atoms with van der Waals surface area (Å²) in [5, 5.41) is 26.8. The average molecular weight is 566 g/mol. The normalized spacial score (nSPS) is 20.8. The lowest BCUT2D eigenvalue weighted by Gasteiger charge is -2.23. The van der Waals surface area contributed by atoms with E-state index in [9.17, 15) is 33.6 Å². The number of carboxylic acid groups (broad SMARTS) is 1. The third kappa shape index (κ3) is 14.1. The van der Waals surface area contributed by atoms with E-state index >= 15 is 0 Å². The minimum absolute atomic E-state index is 0.165. The molecule has 1 rings (SSSR count). The highest BCUT2D eigenvalue weighted by molar-refractivity contribution is 5.97. The molecule has 8 N–H and O–H groups in total. The minimum atomic E-state index is -1.49. The van der Waals surface area contributed by atoms with Gasteiger partial charge in [0.1, 0.15) is 18.1 Å². The molecule has 222 valence electrons. The fourth-order valence-corrected chi connectivity index (χ4v) is 3.72. The lowest BCUT2D eigenvalue weighted by atomic mass is 10.1. The van der Waals surface area contributed by atoms with Crippen LogP contribution in [0.1, 0.15) is 51.4 Å². The van der Waals surface area contributed by atoms with Crippen molar-refractivity contribution >= 4 is 41.4 Å². The van der Waals surface area contributed by atoms with Crippen LogP contribution >= 0.6 is 0 Å². The molecule has 6 amide bonds. The molecule has 1 saturated heterocycles. The Balaban J connectivity index is 3.01. The van der Waals surface area contributed by atoms with E-state index in [0.717, 1.165) is 0 Å². The number of amides is 6. The molecule has 1 aliphatic heterocycles. The zero-order chi connectivity index (χ0) is 29.9. The standard InChI is InChI=1S/C25H39N7O8/c1-3-4-10-19(33)27-12-6-5-8-17-25(40)32-16(9-7-11-26-2)23(38)28-15-21(35)31-18(13-22(36)37)24(39)29-14-20(34)30-17/h1,16-18,26H,4-15H2,2H3,(H,27,33)(H,28,38)(H,29,39)(H,30,34)(H,31,35)(H,32,40)(H,36,37)/t16?,17-,18?/m0/s1. The number of carboxylic acids is 1. The maximum absolute atomic E-state index is 13.1. The van der Waals surface area contributed by atoms with E-state index in [1.165, 1.54) is 0 Å². The summed E-state index contributed by atoms with van der Waals surface area (Å²) in [6.45, 7) is -0.252. The third-order valence-corrected chi connectivity index (χ3v) is 5.82. The van der Waals surface area contributed by atoms with Crippen LogP contribution < -0.4 is 37.2 Å². The van der Waals surface area contributed by atoms with E-state index in [4.69, 9.17) is 11.5 Å². The van der Waals surface area contributed by atoms with Crippen LogP contribution in [0.2, 0.25) is 0 Å². The van der Waals surface area contributed by atoms with Crippen LogP contribution in [0.25, 0.3) is 0 Å². The Morgan fingerprint density at radius 1 is 0.850 bits per heavy atom. The summed E-state index contributed by atoms with van der Waals surface area (Å²) < 4.78 is 0. The van der Waals surface area contributed by atoms with Crippen molar-refractivity contribution in [2.75, 3.05) is 33.2 Å². The van der Waals surface area contributed by atoms with Gasteiger partial charge in [-0.25, -0.2) is 0 Å². The molecule has 0 aromatic rings. The predicted octanol–water partition coefficient (Wildman–Crippen LogP) is -3.14. The first-order valence-electron chi connectivity index (χ1n) is 13.1. The number of unbranched alkanes of at least 4 members (excludes halogenated alkanes) is 1. The second-order valence-corrected chi connectivity index (χ2v) is 9.13. The number of terminal acetylenes is 1. The summed E-state index contributed by atoms with van der Waals surface area (Å²) >= 11 is 0. The fraction of sp³-hybridized carbons (Fsp3) is 0.640. The molecule has 1 aliphatic rings. The zero-order valence-corrected chi connectivity index (χ0v) is 22.6. The van der Waals surface area contributed by atoms with Crippen LogP contribution in [0.15, 0.2) is 0 Å². The molecule has 0 radical (unpaired) electrons. The van der Waals surface area contributed by atoms with Crippen molar-refractivity contribution in [3.63, 3.8) is 0 Å². The molecule has 0 bridgehead atoms. The zero-order valence-electron chi connectivity index (χ0n) is 22.6. The summed E-state index contributed by atoms with van der Waals surface area (Å²) in [6.07, 6.45) is 6.74. The summed E-state index contributed by atoms with van der Waals surface area (Å²) in [7, 11) is 1.73. The average Bonchev–Trinajstić information content (AvgIpc) is 2.91. The van der Waals surface area contributed by atoms with Crippen molar-refractivity contribution in [2.45, 2.75) is 69.5 Å². The van der Waals surface area contributed by atoms with Crippen molar-refractivity contribution in [3.05, 3.63) is 0 Å². The molecule has 2 unspecified atom stereocenters. The fourth-order valence-electron chi connectivity index (χ4n) is 3.72. The van der Waals surface area contributed by atoms with Gasteiger partial charge in [-0.15, -0.1) is 12.3 Å². The Morgan fingerprint density at radius 3 is 2.02 bits per heavy atom. The highest BCUT2D eigenvalue weighted by Crippen LogP contribution is 2.05. The summed E-state index contributed by atoms with van der Waals surface area (Å²) in [4.78, 5) is 86.2. The van der Waals surface area contributed by atoms with Crippen molar-refractivity contribution in [3.8, 4) is 12.3 Å². The molecular weight excluding hydrogens is 526 g/mol. The molecule has 0 aliphatic carbocycles. The topological polar surface area (TPSA) is 224 Å². The van der Waals surface area contributed by atoms with Crippen LogP contribution in [-0.4, -0.2) is 97.9 Å². The minimum Gasteiger partial charge on any atom is -0.481 e. The Kier molecular flexibility index (Phi) is 16.0. The number of nitrogens with one attached hydrogen (secondary N) is 7. The van der Waals surface area contributed by atoms with Crippen molar-refractivity contribution in [1.82, 2.24) is 37.2 Å². The van der Waals surface area contributed by atoms with E-state index in [2.05, 4.69) is 43.1 Å². The summed E-state index contributed by atoms with van der Waals surface area (Å²) in [5.41, 5.74) is 0. The van der Waals surface area contributed by atoms with Gasteiger partial charge in [-0.1, -0.05) is 0 Å². The smallest absolute Gasteiger partial charge is 0.305 e. The highest BCUT2D eigenvalue weighted by Gasteiger charge is 2.29. The second kappa shape index (κ2) is 19.0. The lowest BCUT2D eigenvalue weighted by molar-refractivity contribution is -0.140. The van der Waals surface area contributed by atoms with Crippen molar-refractivity contribution in [2.24, 2.45) is 0 Å². The quantitative estimate of drug-likeness (QED) is 0.0833. The van der Waals surface area contributed by atoms with Gasteiger partial charge in [-0.2, -0.15) is 0 Å². The van der Waals surface area contributed by atoms with E-state index in [0.29, 0.717) is 38.8 Å². The molecular formula is C25H39N7O8. The van der Waals surface area contributed by atoms with Crippen LogP contribution in [-0.2, 0) is 33.6 Å². The lowest BCUT2D eigenvalue weighted by Crippen LogP contribution is -2.55. The van der Waals surface area contributed by atoms with Gasteiger partial charge in [0, 0.05) is 19.4 Å². The number of hydrogen-bond acceptors (Lipinski definition) is 8. The molecule has 1 fully saturated rings. The Morgan fingerprint density at radius 2 is 1.43 bits per heavy atom. The SMILES string of the molecule is C#CCCC(=O)NCCCC[C@@H]1NC(=O)CNC(=O)C(CC(=O)O)NC(=O)CNC(=O)C(CCCNC)NC1=O. The molecule has 0 aromatic carbocycles. The maximum atomic E-state index is 13.1. The number of rotatable bonds is 13. The first kappa shape index (κ1) is 33.8. The molecule has 40 heavy (non-hydrogen) atoms. The van der Waals surface area contributed by atoms with Gasteiger partial charge in [-0.05, 0) is 45.7 Å². The van der Waals surface area contributed by atoms with Crippen LogP contribution in [0.5, 0.6) is 0 Å². The molecule has 3 atom stereocenters. The van der Waals surface area contributed by atoms with Gasteiger partial charge in [0.2, 0.25) is 35.4 Å². The number of hydrogen-bond donors (Lipinski definition) is 8. The van der Waals surface area contributed by atoms with Crippen molar-refractivity contribution < 1.29 is 38.7 Å². The number of carbonyl (C=O) groups is 7. The van der Waals surface area contributed by atoms with Gasteiger partial charge >= 0.3 is 5.97 Å². The highest BCUT2D eigenvalue weighted by atomic mass is 16.4. The summed E-state index contributed by atoms with van der Waals surface area (Å²) in [5.74, 6) is -2.94. The predicted molar refractivity (Wildman–Crippen MR) is 142 cm³/mol. The molecule has 15 heteroatoms. The van der Waals surface area contributed by atoms with Gasteiger partial charge in [0.05, 0.1) is 19.5 Å². The monoisotopic (exact) mass is 565 g/mol. The van der Waals surface area contributed by atoms with E-state index in [1.807, 2.05) is 0 Å². The first-order chi connectivity index (χ1) is 19.1. The van der Waals surface area contributed by atoms with Gasteiger partial charge in [0.25, 0.3) is 0 Å². The van der Waals surface area contributed by atoms with E-state index < -0.39 is 73.1 Å². The molecule has 1 heterocycles. The number of aliphatic carboxylic acids is 1. The van der Waals surface area contributed by atoms with Gasteiger partial charge < -0.3 is 42.3 Å². The summed E-state index contributed by atoms with van der Waals surface area (Å²) in [6, 6.07) is -3.58. The Labute approximate surface area is 232 Å². The molecule has 0 saturated carbocycles. The van der Waals surface area contributed by atoms with Crippen LogP contribution in [0.3, 0.4) is 0 Å². The van der Waals surface area contributed by atoms with Gasteiger partial charge in [-0.3, -0.25) is 33.6 Å². The van der Waals surface area contributed by atoms with Crippen LogP contribution in [0.4, 0.5) is 0 Å². The molecule has 15 nitrogen and oxygen atoms in total. The molecule has 0 spiro atoms. The van der Waals surface area contributed by atoms with Gasteiger partial charge in [0.15, 0.2) is 0 Å². The van der Waals surface area contributed by atoms with E-state index in [1.54, 1.807) is 7.05 Å². The second-order valence-electron chi connectivity index (χ2n) is 9.13. The first-order valence-corrected chi connectivity index (χ1v) is 13.1. The largest absolute Gasteiger partial charge is 0.481 e. The maximum Gasteiger partial charge on any atom is 0.305 e. The van der Waals surface area contributed by atoms with Crippen molar-refractivity contribution in [1.29, 1.82) is 0 Å². The van der Waals surface area contributed by atoms with E-state index in [-0.39, 0.29) is 25.2 Å². The molecule has 0 aromatic heterocycles. The number of carbonyl (C=O) groups excluding carboxylic acids is 6. The van der Waals surface area contributed by atoms with Crippen LogP contribution in [0, 0.1) is 12.3 Å². The Bertz CT molecular complexity index is 965. The third-order valence-electron chi connectivity index (χ3n) is 5.82.